The lowest BCUT2D eigenvalue weighted by atomic mass is 10.0. The van der Waals surface area contributed by atoms with Gasteiger partial charge in [0.05, 0.1) is 33.1 Å². The number of hydrogen-bond donors (Lipinski definition) is 6. The van der Waals surface area contributed by atoms with Crippen LogP contribution in [-0.4, -0.2) is 52.4 Å². The predicted molar refractivity (Wildman–Crippen MR) is 125 cm³/mol. The summed E-state index contributed by atoms with van der Waals surface area (Å²) in [5.41, 5.74) is 10.3. The SMILES string of the molecule is Cc1[nH]c(/C(I)=C2\C(=O)Nc3ccc(F)cc32)c(C)c1C(=O)NCC(O)CN(C=N)N=N. The molecule has 1 aliphatic rings. The van der Waals surface area contributed by atoms with Crippen molar-refractivity contribution in [2.45, 2.75) is 20.0 Å². The van der Waals surface area contributed by atoms with E-state index in [1.807, 2.05) is 22.6 Å². The van der Waals surface area contributed by atoms with Crippen LogP contribution in [0.2, 0.25) is 0 Å². The Morgan fingerprint density at radius 2 is 2.16 bits per heavy atom. The monoisotopic (exact) mass is 553 g/mol. The maximum absolute atomic E-state index is 13.8. The lowest BCUT2D eigenvalue weighted by Crippen LogP contribution is -2.38. The van der Waals surface area contributed by atoms with Gasteiger partial charge in [0.15, 0.2) is 0 Å². The predicted octanol–water partition coefficient (Wildman–Crippen LogP) is 2.97. The lowest BCUT2D eigenvalue weighted by molar-refractivity contribution is -0.110. The van der Waals surface area contributed by atoms with E-state index < -0.39 is 17.8 Å². The summed E-state index contributed by atoms with van der Waals surface area (Å²) in [6.07, 6.45) is -0.242. The van der Waals surface area contributed by atoms with E-state index in [9.17, 15) is 19.1 Å². The molecule has 1 aromatic carbocycles. The number of aromatic nitrogens is 1. The molecule has 3 rings (SSSR count). The fourth-order valence-corrected chi connectivity index (χ4v) is 4.57. The molecule has 0 saturated heterocycles. The Bertz CT molecular complexity index is 1140. The summed E-state index contributed by atoms with van der Waals surface area (Å²) in [6, 6.07) is 4.07. The Kier molecular flexibility index (Phi) is 7.03. The van der Waals surface area contributed by atoms with Crippen molar-refractivity contribution in [3.8, 4) is 0 Å². The second-order valence-corrected chi connectivity index (χ2v) is 8.25. The normalized spacial score (nSPS) is 15.0. The molecule has 1 aliphatic heterocycles. The molecule has 6 N–H and O–H groups in total. The van der Waals surface area contributed by atoms with Crippen LogP contribution >= 0.6 is 22.6 Å². The van der Waals surface area contributed by atoms with Crippen LogP contribution in [0.5, 0.6) is 0 Å². The van der Waals surface area contributed by atoms with Crippen LogP contribution < -0.4 is 10.6 Å². The number of fused-ring (bicyclic) bond motifs is 1. The molecular formula is C20H21FIN7O3. The van der Waals surface area contributed by atoms with Gasteiger partial charge in [-0.1, -0.05) is 5.22 Å². The summed E-state index contributed by atoms with van der Waals surface area (Å²) >= 11 is 2.00. The summed E-state index contributed by atoms with van der Waals surface area (Å²) < 4.78 is 14.3. The molecule has 10 nitrogen and oxygen atoms in total. The van der Waals surface area contributed by atoms with Gasteiger partial charge in [-0.2, -0.15) is 5.53 Å². The van der Waals surface area contributed by atoms with Crippen molar-refractivity contribution in [1.82, 2.24) is 15.3 Å². The van der Waals surface area contributed by atoms with Crippen molar-refractivity contribution in [1.29, 1.82) is 10.9 Å². The average molecular weight is 553 g/mol. The van der Waals surface area contributed by atoms with Gasteiger partial charge >= 0.3 is 0 Å². The molecular weight excluding hydrogens is 532 g/mol. The van der Waals surface area contributed by atoms with Crippen LogP contribution in [0.15, 0.2) is 23.4 Å². The number of carbonyl (C=O) groups is 2. The smallest absolute Gasteiger partial charge is 0.257 e. The number of aryl methyl sites for hydroxylation is 1. The van der Waals surface area contributed by atoms with Crippen LogP contribution in [0.4, 0.5) is 10.1 Å². The number of anilines is 1. The minimum Gasteiger partial charge on any atom is -0.389 e. The third kappa shape index (κ3) is 4.55. The average Bonchev–Trinajstić information content (AvgIpc) is 3.24. The van der Waals surface area contributed by atoms with Gasteiger partial charge in [0.1, 0.15) is 12.2 Å². The van der Waals surface area contributed by atoms with Gasteiger partial charge in [-0.05, 0) is 60.2 Å². The van der Waals surface area contributed by atoms with E-state index >= 15 is 0 Å². The second-order valence-electron chi connectivity index (χ2n) is 7.17. The standard InChI is InChI=1S/C20H21FIN7O3/c1-9-15(19(31)25-6-12(30)7-29(8-23)28-24)10(2)26-18(9)17(22)16-13-5-11(21)3-4-14(13)27-20(16)32/h3-5,8,12,23-24,26,30H,6-7H2,1-2H3,(H,25,31)(H,27,32)/b17-16+,23-8?,28-24?. The fourth-order valence-electron chi connectivity index (χ4n) is 3.49. The number of nitrogens with one attached hydrogen (secondary N) is 5. The summed E-state index contributed by atoms with van der Waals surface area (Å²) in [4.78, 5) is 28.5. The molecule has 0 radical (unpaired) electrons. The maximum Gasteiger partial charge on any atom is 0.257 e. The second kappa shape index (κ2) is 9.56. The zero-order valence-corrected chi connectivity index (χ0v) is 19.4. The van der Waals surface area contributed by atoms with Crippen molar-refractivity contribution in [2.24, 2.45) is 5.22 Å². The minimum absolute atomic E-state index is 0.106. The van der Waals surface area contributed by atoms with E-state index in [1.165, 1.54) is 18.2 Å². The third-order valence-corrected chi connectivity index (χ3v) is 6.08. The molecule has 1 atom stereocenters. The van der Waals surface area contributed by atoms with Gasteiger partial charge in [0.25, 0.3) is 11.8 Å². The maximum atomic E-state index is 13.8. The van der Waals surface area contributed by atoms with Crippen LogP contribution in [0.3, 0.4) is 0 Å². The van der Waals surface area contributed by atoms with Gasteiger partial charge in [-0.15, -0.1) is 0 Å². The number of halogens is 2. The Labute approximate surface area is 196 Å². The molecule has 0 bridgehead atoms. The zero-order valence-electron chi connectivity index (χ0n) is 17.2. The minimum atomic E-state index is -1.04. The summed E-state index contributed by atoms with van der Waals surface area (Å²) in [5.74, 6) is -1.24. The number of H-pyrrole nitrogens is 1. The highest BCUT2D eigenvalue weighted by atomic mass is 127. The van der Waals surface area contributed by atoms with Crippen LogP contribution in [0, 0.1) is 30.6 Å². The summed E-state index contributed by atoms with van der Waals surface area (Å²) in [7, 11) is 0. The molecule has 0 aliphatic carbocycles. The van der Waals surface area contributed by atoms with Gasteiger partial charge in [0.2, 0.25) is 0 Å². The van der Waals surface area contributed by atoms with Crippen molar-refractivity contribution in [3.63, 3.8) is 0 Å². The molecule has 1 aromatic heterocycles. The van der Waals surface area contributed by atoms with E-state index in [0.29, 0.717) is 42.9 Å². The van der Waals surface area contributed by atoms with E-state index in [1.54, 1.807) is 13.8 Å². The number of rotatable bonds is 8. The first-order valence-electron chi connectivity index (χ1n) is 9.49. The molecule has 2 heterocycles. The number of aliphatic hydroxyl groups excluding tert-OH is 1. The van der Waals surface area contributed by atoms with Crippen molar-refractivity contribution >= 4 is 55.6 Å². The number of nitrogens with zero attached hydrogens (tertiary/aromatic N) is 2. The molecule has 2 amide bonds. The largest absolute Gasteiger partial charge is 0.389 e. The lowest BCUT2D eigenvalue weighted by Gasteiger charge is -2.16. The summed E-state index contributed by atoms with van der Waals surface area (Å²) in [5, 5.41) is 26.4. The van der Waals surface area contributed by atoms with Crippen LogP contribution in [0.1, 0.15) is 32.9 Å². The fraction of sp³-hybridized carbons (Fsp3) is 0.250. The Balaban J connectivity index is 1.87. The molecule has 0 fully saturated rings. The van der Waals surface area contributed by atoms with Gasteiger partial charge in [-0.25, -0.2) is 9.40 Å². The molecule has 2 aromatic rings. The number of benzene rings is 1. The van der Waals surface area contributed by atoms with Crippen molar-refractivity contribution in [3.05, 3.63) is 52.1 Å². The first-order chi connectivity index (χ1) is 15.2. The number of amides is 2. The number of hydrogen-bond acceptors (Lipinski definition) is 6. The quantitative estimate of drug-likeness (QED) is 0.0742. The molecule has 32 heavy (non-hydrogen) atoms. The highest BCUT2D eigenvalue weighted by Crippen LogP contribution is 2.41. The number of aromatic amines is 1. The molecule has 12 heteroatoms. The van der Waals surface area contributed by atoms with Crippen molar-refractivity contribution < 1.29 is 19.1 Å². The van der Waals surface area contributed by atoms with E-state index in [-0.39, 0.29) is 19.0 Å². The van der Waals surface area contributed by atoms with Crippen LogP contribution in [0.25, 0.3) is 9.15 Å². The number of carbonyl (C=O) groups excluding carboxylic acids is 2. The van der Waals surface area contributed by atoms with Gasteiger partial charge in [0, 0.05) is 23.5 Å². The van der Waals surface area contributed by atoms with E-state index in [0.717, 1.165) is 11.3 Å². The highest BCUT2D eigenvalue weighted by molar-refractivity contribution is 14.1. The van der Waals surface area contributed by atoms with E-state index in [2.05, 4.69) is 20.8 Å². The first kappa shape index (κ1) is 23.5. The summed E-state index contributed by atoms with van der Waals surface area (Å²) in [6.45, 7) is 3.23. The van der Waals surface area contributed by atoms with Crippen molar-refractivity contribution in [2.75, 3.05) is 18.4 Å². The molecule has 168 valence electrons. The topological polar surface area (TPSA) is 158 Å². The number of aliphatic hydroxyl groups is 1. The zero-order chi connectivity index (χ0) is 23.6. The van der Waals surface area contributed by atoms with Crippen LogP contribution in [-0.2, 0) is 4.79 Å². The van der Waals surface area contributed by atoms with Gasteiger partial charge in [-0.3, -0.25) is 15.0 Å². The molecule has 0 saturated carbocycles. The Hall–Kier alpha value is -3.13. The Morgan fingerprint density at radius 3 is 2.81 bits per heavy atom. The van der Waals surface area contributed by atoms with E-state index in [4.69, 9.17) is 10.9 Å². The van der Waals surface area contributed by atoms with Gasteiger partial charge < -0.3 is 20.7 Å². The third-order valence-electron chi connectivity index (χ3n) is 5.00. The molecule has 0 spiro atoms. The molecule has 1 unspecified atom stereocenters. The highest BCUT2D eigenvalue weighted by Gasteiger charge is 2.30. The Morgan fingerprint density at radius 1 is 1.44 bits per heavy atom. The first-order valence-corrected chi connectivity index (χ1v) is 10.6.